The van der Waals surface area contributed by atoms with Gasteiger partial charge in [-0.2, -0.15) is 0 Å². The van der Waals surface area contributed by atoms with Crippen molar-refractivity contribution >= 4 is 5.97 Å². The van der Waals surface area contributed by atoms with Gasteiger partial charge in [0.05, 0.1) is 5.56 Å². The zero-order valence-corrected chi connectivity index (χ0v) is 7.13. The number of carbonyl (C=O) groups is 1. The zero-order chi connectivity index (χ0) is 8.72. The van der Waals surface area contributed by atoms with Crippen molar-refractivity contribution in [1.82, 2.24) is 0 Å². The molecule has 12 heavy (non-hydrogen) atoms. The van der Waals surface area contributed by atoms with Crippen LogP contribution in [0.5, 0.6) is 0 Å². The first-order valence-corrected chi connectivity index (χ1v) is 4.00. The lowest BCUT2D eigenvalue weighted by atomic mass is 10.0. The molecule has 2 nitrogen and oxygen atoms in total. The summed E-state index contributed by atoms with van der Waals surface area (Å²) in [6, 6.07) is 5.83. The quantitative estimate of drug-likeness (QED) is 0.547. The molecule has 0 bridgehead atoms. The van der Waals surface area contributed by atoms with Gasteiger partial charge in [-0.1, -0.05) is 17.7 Å². The first-order chi connectivity index (χ1) is 5.68. The van der Waals surface area contributed by atoms with Gasteiger partial charge in [-0.15, -0.1) is 0 Å². The van der Waals surface area contributed by atoms with Gasteiger partial charge in [0.2, 0.25) is 0 Å². The first-order valence-electron chi connectivity index (χ1n) is 4.00. The molecule has 0 aromatic heterocycles. The maximum atomic E-state index is 11.2. The Morgan fingerprint density at radius 3 is 2.92 bits per heavy atom. The van der Waals surface area contributed by atoms with E-state index in [1.165, 1.54) is 0 Å². The third-order valence-electron chi connectivity index (χ3n) is 2.15. The Bertz CT molecular complexity index is 342. The monoisotopic (exact) mass is 162 g/mol. The average molecular weight is 162 g/mol. The maximum Gasteiger partial charge on any atom is 0.339 e. The standard InChI is InChI=1S/C10H10O2/c1-6-3-4-8-7(2)12-10(11)9(8)5-6/h3-5,7H,1-2H3/t7-/m0/s1. The molecule has 1 aliphatic rings. The number of fused-ring (bicyclic) bond motifs is 1. The van der Waals surface area contributed by atoms with Crippen LogP contribution >= 0.6 is 0 Å². The van der Waals surface area contributed by atoms with Gasteiger partial charge < -0.3 is 4.74 Å². The van der Waals surface area contributed by atoms with Crippen LogP contribution in [0.4, 0.5) is 0 Å². The van der Waals surface area contributed by atoms with Gasteiger partial charge in [-0.05, 0) is 19.9 Å². The molecule has 1 aromatic carbocycles. The van der Waals surface area contributed by atoms with E-state index in [1.807, 2.05) is 32.0 Å². The molecule has 0 amide bonds. The summed E-state index contributed by atoms with van der Waals surface area (Å²) >= 11 is 0. The van der Waals surface area contributed by atoms with Crippen LogP contribution in [0.2, 0.25) is 0 Å². The molecular formula is C10H10O2. The number of carbonyl (C=O) groups excluding carboxylic acids is 1. The largest absolute Gasteiger partial charge is 0.454 e. The highest BCUT2D eigenvalue weighted by molar-refractivity contribution is 5.94. The highest BCUT2D eigenvalue weighted by atomic mass is 16.5. The number of rotatable bonds is 0. The van der Waals surface area contributed by atoms with Crippen LogP contribution in [0.25, 0.3) is 0 Å². The van der Waals surface area contributed by atoms with E-state index < -0.39 is 0 Å². The SMILES string of the molecule is Cc1ccc2c(c1)C(=O)O[C@H]2C. The normalized spacial score (nSPS) is 20.5. The van der Waals surface area contributed by atoms with Gasteiger partial charge in [-0.25, -0.2) is 4.79 Å². The third-order valence-corrected chi connectivity index (χ3v) is 2.15. The van der Waals surface area contributed by atoms with Crippen LogP contribution < -0.4 is 0 Å². The Labute approximate surface area is 71.2 Å². The fraction of sp³-hybridized carbons (Fsp3) is 0.300. The van der Waals surface area contributed by atoms with Crippen LogP contribution in [-0.4, -0.2) is 5.97 Å². The van der Waals surface area contributed by atoms with E-state index in [0.29, 0.717) is 0 Å². The molecule has 0 unspecified atom stereocenters. The molecule has 0 aliphatic carbocycles. The molecular weight excluding hydrogens is 152 g/mol. The van der Waals surface area contributed by atoms with Crippen molar-refractivity contribution < 1.29 is 9.53 Å². The van der Waals surface area contributed by atoms with Crippen molar-refractivity contribution in [2.45, 2.75) is 20.0 Å². The molecule has 0 saturated carbocycles. The van der Waals surface area contributed by atoms with Gasteiger partial charge in [-0.3, -0.25) is 0 Å². The summed E-state index contributed by atoms with van der Waals surface area (Å²) < 4.78 is 5.05. The van der Waals surface area contributed by atoms with E-state index in [-0.39, 0.29) is 12.1 Å². The predicted molar refractivity (Wildman–Crippen MR) is 45.0 cm³/mol. The molecule has 62 valence electrons. The summed E-state index contributed by atoms with van der Waals surface area (Å²) in [5.41, 5.74) is 2.83. The summed E-state index contributed by atoms with van der Waals surface area (Å²) in [6.07, 6.45) is -0.0758. The third kappa shape index (κ3) is 0.916. The second kappa shape index (κ2) is 2.34. The van der Waals surface area contributed by atoms with Gasteiger partial charge in [0.1, 0.15) is 6.10 Å². The van der Waals surface area contributed by atoms with Gasteiger partial charge in [0.15, 0.2) is 0 Å². The molecule has 0 saturated heterocycles. The summed E-state index contributed by atoms with van der Waals surface area (Å²) in [5, 5.41) is 0. The van der Waals surface area contributed by atoms with E-state index in [0.717, 1.165) is 16.7 Å². The molecule has 0 fully saturated rings. The number of aryl methyl sites for hydroxylation is 1. The number of benzene rings is 1. The molecule has 0 radical (unpaired) electrons. The minimum atomic E-state index is -0.193. The van der Waals surface area contributed by atoms with Crippen LogP contribution in [-0.2, 0) is 4.74 Å². The smallest absolute Gasteiger partial charge is 0.339 e. The van der Waals surface area contributed by atoms with Crippen molar-refractivity contribution in [2.24, 2.45) is 0 Å². The lowest BCUT2D eigenvalue weighted by Crippen LogP contribution is -1.94. The molecule has 2 heteroatoms. The molecule has 0 N–H and O–H groups in total. The van der Waals surface area contributed by atoms with Crippen LogP contribution in [0, 0.1) is 6.92 Å². The number of cyclic esters (lactones) is 1. The van der Waals surface area contributed by atoms with Gasteiger partial charge in [0, 0.05) is 5.56 Å². The van der Waals surface area contributed by atoms with Crippen molar-refractivity contribution in [3.8, 4) is 0 Å². The first kappa shape index (κ1) is 7.35. The fourth-order valence-electron chi connectivity index (χ4n) is 1.49. The summed E-state index contributed by atoms with van der Waals surface area (Å²) in [5.74, 6) is -0.193. The highest BCUT2D eigenvalue weighted by Gasteiger charge is 2.26. The Morgan fingerprint density at radius 2 is 2.17 bits per heavy atom. The Hall–Kier alpha value is -1.31. The number of hydrogen-bond donors (Lipinski definition) is 0. The van der Waals surface area contributed by atoms with E-state index in [2.05, 4.69) is 0 Å². The molecule has 1 aliphatic heterocycles. The summed E-state index contributed by atoms with van der Waals surface area (Å²) in [4.78, 5) is 11.2. The minimum absolute atomic E-state index is 0.0758. The van der Waals surface area contributed by atoms with Crippen LogP contribution in [0.1, 0.15) is 34.5 Å². The van der Waals surface area contributed by atoms with E-state index in [1.54, 1.807) is 0 Å². The Morgan fingerprint density at radius 1 is 1.42 bits per heavy atom. The number of hydrogen-bond acceptors (Lipinski definition) is 2. The lowest BCUT2D eigenvalue weighted by Gasteiger charge is -2.00. The molecule has 0 spiro atoms. The zero-order valence-electron chi connectivity index (χ0n) is 7.13. The number of esters is 1. The molecule has 2 rings (SSSR count). The number of ether oxygens (including phenoxy) is 1. The van der Waals surface area contributed by atoms with E-state index in [9.17, 15) is 4.79 Å². The second-order valence-corrected chi connectivity index (χ2v) is 3.14. The van der Waals surface area contributed by atoms with Crippen LogP contribution in [0.15, 0.2) is 18.2 Å². The van der Waals surface area contributed by atoms with Crippen molar-refractivity contribution in [3.05, 3.63) is 34.9 Å². The topological polar surface area (TPSA) is 26.3 Å². The molecule has 1 atom stereocenters. The highest BCUT2D eigenvalue weighted by Crippen LogP contribution is 2.30. The van der Waals surface area contributed by atoms with Crippen molar-refractivity contribution in [1.29, 1.82) is 0 Å². The van der Waals surface area contributed by atoms with Crippen molar-refractivity contribution in [2.75, 3.05) is 0 Å². The van der Waals surface area contributed by atoms with E-state index in [4.69, 9.17) is 4.74 Å². The maximum absolute atomic E-state index is 11.2. The minimum Gasteiger partial charge on any atom is -0.454 e. The average Bonchev–Trinajstić information content (AvgIpc) is 2.28. The van der Waals surface area contributed by atoms with Gasteiger partial charge in [0.25, 0.3) is 0 Å². The van der Waals surface area contributed by atoms with Crippen molar-refractivity contribution in [3.63, 3.8) is 0 Å². The summed E-state index contributed by atoms with van der Waals surface area (Å²) in [7, 11) is 0. The van der Waals surface area contributed by atoms with Gasteiger partial charge >= 0.3 is 5.97 Å². The predicted octanol–water partition coefficient (Wildman–Crippen LogP) is 2.23. The fourth-order valence-corrected chi connectivity index (χ4v) is 1.49. The molecule has 1 heterocycles. The second-order valence-electron chi connectivity index (χ2n) is 3.14. The Balaban J connectivity index is 2.60. The molecule has 1 aromatic rings. The van der Waals surface area contributed by atoms with E-state index >= 15 is 0 Å². The lowest BCUT2D eigenvalue weighted by molar-refractivity contribution is 0.0422. The Kier molecular flexibility index (Phi) is 1.43. The summed E-state index contributed by atoms with van der Waals surface area (Å²) in [6.45, 7) is 3.86. The van der Waals surface area contributed by atoms with Crippen LogP contribution in [0.3, 0.4) is 0 Å².